The fraction of sp³-hybridized carbons (Fsp3) is 0.667. The molecular formula is C18H32O7Si. The van der Waals surface area contributed by atoms with Gasteiger partial charge in [-0.2, -0.15) is 0 Å². The Balaban J connectivity index is 6.02. The van der Waals surface area contributed by atoms with Gasteiger partial charge >= 0.3 is 20.7 Å². The fourth-order valence-electron chi connectivity index (χ4n) is 2.73. The van der Waals surface area contributed by atoms with Crippen LogP contribution in [0.15, 0.2) is 24.4 Å². The third kappa shape index (κ3) is 5.77. The van der Waals surface area contributed by atoms with Gasteiger partial charge in [0.05, 0.1) is 14.2 Å². The Bertz CT molecular complexity index is 457. The molecule has 0 rings (SSSR count). The molecule has 7 nitrogen and oxygen atoms in total. The predicted molar refractivity (Wildman–Crippen MR) is 100 cm³/mol. The first kappa shape index (κ1) is 24.5. The zero-order valence-corrected chi connectivity index (χ0v) is 17.6. The third-order valence-corrected chi connectivity index (χ3v) is 6.93. The molecule has 0 amide bonds. The summed E-state index contributed by atoms with van der Waals surface area (Å²) < 4.78 is 27.3. The molecule has 0 aliphatic heterocycles. The lowest BCUT2D eigenvalue weighted by Gasteiger charge is -2.34. The van der Waals surface area contributed by atoms with Crippen LogP contribution in [0.4, 0.5) is 0 Å². The topological polar surface area (TPSA) is 80.3 Å². The van der Waals surface area contributed by atoms with Crippen molar-refractivity contribution in [2.24, 2.45) is 5.41 Å². The summed E-state index contributed by atoms with van der Waals surface area (Å²) in [7, 11) is -0.839. The van der Waals surface area contributed by atoms with E-state index in [4.69, 9.17) is 22.8 Å². The molecule has 0 aromatic carbocycles. The molecule has 0 fully saturated rings. The van der Waals surface area contributed by atoms with E-state index in [0.29, 0.717) is 31.4 Å². The van der Waals surface area contributed by atoms with E-state index < -0.39 is 26.2 Å². The number of methoxy groups -OCH3 is 2. The summed E-state index contributed by atoms with van der Waals surface area (Å²) in [5.74, 6) is -1.39. The molecule has 0 atom stereocenters. The third-order valence-electron chi connectivity index (χ3n) is 3.88. The van der Waals surface area contributed by atoms with Crippen LogP contribution >= 0.6 is 0 Å². The van der Waals surface area contributed by atoms with Gasteiger partial charge in [0.2, 0.25) is 0 Å². The van der Waals surface area contributed by atoms with Crippen LogP contribution in [0.1, 0.15) is 40.0 Å². The van der Waals surface area contributed by atoms with Crippen LogP contribution in [0.5, 0.6) is 0 Å². The van der Waals surface area contributed by atoms with E-state index in [-0.39, 0.29) is 12.8 Å². The highest BCUT2D eigenvalue weighted by Crippen LogP contribution is 2.38. The van der Waals surface area contributed by atoms with Gasteiger partial charge in [-0.3, -0.25) is 9.59 Å². The zero-order chi connectivity index (χ0) is 20.2. The summed E-state index contributed by atoms with van der Waals surface area (Å²) in [5.41, 5.74) is -1.56. The Labute approximate surface area is 157 Å². The smallest absolute Gasteiger partial charge is 0.468 e. The van der Waals surface area contributed by atoms with Crippen molar-refractivity contribution in [3.8, 4) is 0 Å². The van der Waals surface area contributed by atoms with Gasteiger partial charge in [0.15, 0.2) is 5.41 Å². The molecule has 0 saturated heterocycles. The molecule has 0 aromatic heterocycles. The molecule has 0 bridgehead atoms. The van der Waals surface area contributed by atoms with Crippen molar-refractivity contribution in [2.75, 3.05) is 34.0 Å². The maximum absolute atomic E-state index is 12.6. The van der Waals surface area contributed by atoms with Crippen LogP contribution in [-0.4, -0.2) is 54.8 Å². The van der Waals surface area contributed by atoms with Crippen molar-refractivity contribution in [1.29, 1.82) is 0 Å². The van der Waals surface area contributed by atoms with Gasteiger partial charge in [0.25, 0.3) is 0 Å². The second-order valence-corrected chi connectivity index (χ2v) is 8.21. The average Bonchev–Trinajstić information content (AvgIpc) is 2.64. The number of rotatable bonds is 14. The second-order valence-electron chi connectivity index (χ2n) is 5.53. The second kappa shape index (κ2) is 12.0. The number of ether oxygens (including phenoxy) is 2. The predicted octanol–water partition coefficient (Wildman–Crippen LogP) is 2.82. The molecular weight excluding hydrogens is 356 g/mol. The van der Waals surface area contributed by atoms with Crippen molar-refractivity contribution in [3.05, 3.63) is 24.4 Å². The first-order chi connectivity index (χ1) is 12.3. The molecule has 0 heterocycles. The summed E-state index contributed by atoms with van der Waals surface area (Å²) in [6.45, 7) is 14.2. The lowest BCUT2D eigenvalue weighted by Crippen LogP contribution is -2.51. The van der Waals surface area contributed by atoms with Crippen LogP contribution in [0, 0.1) is 5.41 Å². The average molecular weight is 389 g/mol. The van der Waals surface area contributed by atoms with Gasteiger partial charge in [0.1, 0.15) is 0 Å². The van der Waals surface area contributed by atoms with Crippen molar-refractivity contribution in [1.82, 2.24) is 0 Å². The van der Waals surface area contributed by atoms with Crippen molar-refractivity contribution in [2.45, 2.75) is 40.0 Å². The monoisotopic (exact) mass is 388 g/mol. The lowest BCUT2D eigenvalue weighted by molar-refractivity contribution is -0.169. The maximum Gasteiger partial charge on any atom is 0.532 e. The highest BCUT2D eigenvalue weighted by molar-refractivity contribution is 6.68. The molecule has 0 aliphatic carbocycles. The van der Waals surface area contributed by atoms with Crippen molar-refractivity contribution in [3.63, 3.8) is 0 Å². The van der Waals surface area contributed by atoms with Gasteiger partial charge < -0.3 is 22.8 Å². The van der Waals surface area contributed by atoms with E-state index in [1.807, 2.05) is 20.8 Å². The van der Waals surface area contributed by atoms with Gasteiger partial charge in [-0.1, -0.05) is 12.7 Å². The molecule has 0 saturated carbocycles. The van der Waals surface area contributed by atoms with Crippen LogP contribution < -0.4 is 0 Å². The largest absolute Gasteiger partial charge is 0.532 e. The van der Waals surface area contributed by atoms with E-state index in [1.165, 1.54) is 14.2 Å². The highest BCUT2D eigenvalue weighted by Gasteiger charge is 2.54. The normalized spacial score (nSPS) is 11.7. The summed E-state index contributed by atoms with van der Waals surface area (Å²) in [4.78, 5) is 25.1. The highest BCUT2D eigenvalue weighted by atomic mass is 28.4. The molecule has 0 N–H and O–H groups in total. The van der Waals surface area contributed by atoms with Crippen LogP contribution in [0.25, 0.3) is 0 Å². The van der Waals surface area contributed by atoms with Crippen LogP contribution in [0.3, 0.4) is 0 Å². The minimum Gasteiger partial charge on any atom is -0.468 e. The van der Waals surface area contributed by atoms with Gasteiger partial charge in [0, 0.05) is 19.8 Å². The van der Waals surface area contributed by atoms with Crippen LogP contribution in [0.2, 0.25) is 0 Å². The molecule has 150 valence electrons. The fourth-order valence-corrected chi connectivity index (χ4v) is 5.25. The molecule has 0 aliphatic rings. The Morgan fingerprint density at radius 1 is 0.962 bits per heavy atom. The van der Waals surface area contributed by atoms with E-state index in [2.05, 4.69) is 13.2 Å². The lowest BCUT2D eigenvalue weighted by atomic mass is 9.79. The maximum atomic E-state index is 12.6. The zero-order valence-electron chi connectivity index (χ0n) is 16.6. The van der Waals surface area contributed by atoms with Gasteiger partial charge in [-0.15, -0.1) is 6.58 Å². The van der Waals surface area contributed by atoms with Crippen molar-refractivity contribution >= 4 is 20.7 Å². The number of hydrogen-bond acceptors (Lipinski definition) is 7. The standard InChI is InChI=1S/C18H32O7Si/c1-8-12-13-18(16(19)21-6,17(20)22-7)14-15(5)26(23-9-2,24-10-3)25-11-4/h8H,1,5,9-14H2,2-4,6-7H3. The number of carbonyl (C=O) groups is 2. The summed E-state index contributed by atoms with van der Waals surface area (Å²) in [6.07, 6.45) is 2.17. The number of allylic oxidation sites excluding steroid dienone is 2. The first-order valence-corrected chi connectivity index (χ1v) is 10.4. The van der Waals surface area contributed by atoms with Crippen LogP contribution in [-0.2, 0) is 32.3 Å². The summed E-state index contributed by atoms with van der Waals surface area (Å²) >= 11 is 0. The van der Waals surface area contributed by atoms with E-state index in [9.17, 15) is 9.59 Å². The van der Waals surface area contributed by atoms with E-state index in [0.717, 1.165) is 0 Å². The molecule has 0 spiro atoms. The van der Waals surface area contributed by atoms with Gasteiger partial charge in [-0.05, 0) is 45.2 Å². The molecule has 0 unspecified atom stereocenters. The Morgan fingerprint density at radius 2 is 1.38 bits per heavy atom. The van der Waals surface area contributed by atoms with E-state index in [1.54, 1.807) is 6.08 Å². The Kier molecular flexibility index (Phi) is 11.3. The van der Waals surface area contributed by atoms with Crippen molar-refractivity contribution < 1.29 is 32.3 Å². The van der Waals surface area contributed by atoms with E-state index >= 15 is 0 Å². The number of carbonyl (C=O) groups excluding carboxylic acids is 2. The quantitative estimate of drug-likeness (QED) is 0.196. The number of esters is 2. The molecule has 8 heteroatoms. The SMILES string of the molecule is C=CCCC(CC(=C)[Si](OCC)(OCC)OCC)(C(=O)OC)C(=O)OC. The summed E-state index contributed by atoms with van der Waals surface area (Å²) in [6, 6.07) is 0. The molecule has 26 heavy (non-hydrogen) atoms. The number of hydrogen-bond donors (Lipinski definition) is 0. The summed E-state index contributed by atoms with van der Waals surface area (Å²) in [5, 5.41) is 0.433. The molecule has 0 radical (unpaired) electrons. The van der Waals surface area contributed by atoms with Gasteiger partial charge in [-0.25, -0.2) is 0 Å². The molecule has 0 aromatic rings. The minimum absolute atomic E-state index is 0.0492. The first-order valence-electron chi connectivity index (χ1n) is 8.71. The Hall–Kier alpha value is -1.48. The minimum atomic E-state index is -3.30. The Morgan fingerprint density at radius 3 is 1.69 bits per heavy atom.